The van der Waals surface area contributed by atoms with Crippen LogP contribution in [0.3, 0.4) is 0 Å². The molecule has 1 aromatic heterocycles. The van der Waals surface area contributed by atoms with Crippen molar-refractivity contribution >= 4 is 11.6 Å². The first-order chi connectivity index (χ1) is 7.70. The maximum absolute atomic E-state index is 12.9. The first kappa shape index (κ1) is 11.2. The van der Waals surface area contributed by atoms with Gasteiger partial charge in [-0.3, -0.25) is 0 Å². The monoisotopic (exact) mass is 238 g/mol. The molecule has 0 amide bonds. The van der Waals surface area contributed by atoms with E-state index < -0.39 is 0 Å². The van der Waals surface area contributed by atoms with E-state index in [0.717, 1.165) is 11.3 Å². The molecule has 0 aliphatic carbocycles. The summed E-state index contributed by atoms with van der Waals surface area (Å²) in [5.74, 6) is -0.319. The molecule has 0 saturated carbocycles. The second-order valence-corrected chi connectivity index (χ2v) is 3.97. The van der Waals surface area contributed by atoms with Gasteiger partial charge in [-0.15, -0.1) is 0 Å². The molecule has 2 nitrogen and oxygen atoms in total. The van der Waals surface area contributed by atoms with Crippen molar-refractivity contribution in [2.24, 2.45) is 5.73 Å². The molecule has 0 aliphatic rings. The zero-order valence-electron chi connectivity index (χ0n) is 8.66. The fourth-order valence-corrected chi connectivity index (χ4v) is 1.85. The van der Waals surface area contributed by atoms with Crippen molar-refractivity contribution in [1.82, 2.24) is 4.57 Å². The molecule has 84 valence electrons. The predicted octanol–water partition coefficient (Wildman–Crippen LogP) is 2.79. The summed E-state index contributed by atoms with van der Waals surface area (Å²) < 4.78 is 14.9. The summed E-state index contributed by atoms with van der Waals surface area (Å²) in [6.45, 7) is 1.09. The van der Waals surface area contributed by atoms with E-state index in [-0.39, 0.29) is 5.82 Å². The van der Waals surface area contributed by atoms with E-state index in [4.69, 9.17) is 17.3 Å². The van der Waals surface area contributed by atoms with Crippen molar-refractivity contribution in [3.05, 3.63) is 58.6 Å². The SMILES string of the molecule is NCc1cccn1Cc1ccc(F)cc1Cl. The van der Waals surface area contributed by atoms with Crippen LogP contribution >= 0.6 is 11.6 Å². The molecular formula is C12H12ClFN2. The van der Waals surface area contributed by atoms with E-state index in [0.29, 0.717) is 18.1 Å². The third kappa shape index (κ3) is 2.26. The summed E-state index contributed by atoms with van der Waals surface area (Å²) in [6.07, 6.45) is 1.93. The number of aromatic nitrogens is 1. The van der Waals surface area contributed by atoms with E-state index in [1.165, 1.54) is 12.1 Å². The Hall–Kier alpha value is -1.32. The van der Waals surface area contributed by atoms with Crippen LogP contribution < -0.4 is 5.73 Å². The van der Waals surface area contributed by atoms with Gasteiger partial charge in [-0.05, 0) is 29.8 Å². The Morgan fingerprint density at radius 1 is 1.31 bits per heavy atom. The molecule has 4 heteroatoms. The van der Waals surface area contributed by atoms with Gasteiger partial charge in [-0.1, -0.05) is 17.7 Å². The number of nitrogens with two attached hydrogens (primary N) is 1. The van der Waals surface area contributed by atoms with Crippen LogP contribution in [0.4, 0.5) is 4.39 Å². The Kier molecular flexibility index (Phi) is 3.27. The largest absolute Gasteiger partial charge is 0.346 e. The molecule has 16 heavy (non-hydrogen) atoms. The molecule has 0 fully saturated rings. The minimum absolute atomic E-state index is 0.319. The van der Waals surface area contributed by atoms with Gasteiger partial charge in [-0.2, -0.15) is 0 Å². The quantitative estimate of drug-likeness (QED) is 0.876. The number of hydrogen-bond acceptors (Lipinski definition) is 1. The van der Waals surface area contributed by atoms with Gasteiger partial charge in [0.25, 0.3) is 0 Å². The van der Waals surface area contributed by atoms with Gasteiger partial charge in [0.1, 0.15) is 5.82 Å². The molecule has 0 bridgehead atoms. The van der Waals surface area contributed by atoms with Crippen molar-refractivity contribution in [1.29, 1.82) is 0 Å². The second-order valence-electron chi connectivity index (χ2n) is 3.57. The molecule has 0 radical (unpaired) electrons. The summed E-state index contributed by atoms with van der Waals surface area (Å²) >= 11 is 5.96. The molecule has 1 aromatic carbocycles. The number of hydrogen-bond donors (Lipinski definition) is 1. The van der Waals surface area contributed by atoms with Crippen molar-refractivity contribution in [3.63, 3.8) is 0 Å². The minimum atomic E-state index is -0.319. The Morgan fingerprint density at radius 2 is 2.12 bits per heavy atom. The predicted molar refractivity (Wildman–Crippen MR) is 62.8 cm³/mol. The molecular weight excluding hydrogens is 227 g/mol. The summed E-state index contributed by atoms with van der Waals surface area (Å²) in [6, 6.07) is 8.31. The normalized spacial score (nSPS) is 10.7. The van der Waals surface area contributed by atoms with Crippen molar-refractivity contribution in [2.75, 3.05) is 0 Å². The molecule has 0 atom stereocenters. The third-order valence-electron chi connectivity index (χ3n) is 2.49. The molecule has 2 rings (SSSR count). The summed E-state index contributed by atoms with van der Waals surface area (Å²) in [7, 11) is 0. The standard InChI is InChI=1S/C12H12ClFN2/c13-12-6-10(14)4-3-9(12)8-16-5-1-2-11(16)7-15/h1-6H,7-8,15H2. The number of benzene rings is 1. The zero-order valence-corrected chi connectivity index (χ0v) is 9.41. The first-order valence-corrected chi connectivity index (χ1v) is 5.36. The molecule has 2 N–H and O–H groups in total. The first-order valence-electron chi connectivity index (χ1n) is 4.98. The van der Waals surface area contributed by atoms with E-state index in [2.05, 4.69) is 0 Å². The van der Waals surface area contributed by atoms with E-state index >= 15 is 0 Å². The van der Waals surface area contributed by atoms with Gasteiger partial charge in [0.15, 0.2) is 0 Å². The lowest BCUT2D eigenvalue weighted by Crippen LogP contribution is -2.07. The van der Waals surface area contributed by atoms with E-state index in [1.54, 1.807) is 6.07 Å². The fourth-order valence-electron chi connectivity index (χ4n) is 1.62. The third-order valence-corrected chi connectivity index (χ3v) is 2.84. The number of rotatable bonds is 3. The van der Waals surface area contributed by atoms with E-state index in [9.17, 15) is 4.39 Å². The maximum atomic E-state index is 12.9. The summed E-state index contributed by atoms with van der Waals surface area (Å²) in [4.78, 5) is 0. The average Bonchev–Trinajstić information content (AvgIpc) is 2.69. The Balaban J connectivity index is 2.27. The van der Waals surface area contributed by atoms with Gasteiger partial charge >= 0.3 is 0 Å². The van der Waals surface area contributed by atoms with Crippen LogP contribution in [0.2, 0.25) is 5.02 Å². The Labute approximate surface area is 98.4 Å². The smallest absolute Gasteiger partial charge is 0.124 e. The highest BCUT2D eigenvalue weighted by Gasteiger charge is 2.04. The van der Waals surface area contributed by atoms with E-state index in [1.807, 2.05) is 22.9 Å². The highest BCUT2D eigenvalue weighted by molar-refractivity contribution is 6.31. The highest BCUT2D eigenvalue weighted by Crippen LogP contribution is 2.19. The van der Waals surface area contributed by atoms with Gasteiger partial charge < -0.3 is 10.3 Å². The van der Waals surface area contributed by atoms with Gasteiger partial charge in [0.05, 0.1) is 0 Å². The lowest BCUT2D eigenvalue weighted by molar-refractivity contribution is 0.626. The molecule has 2 aromatic rings. The van der Waals surface area contributed by atoms with Gasteiger partial charge in [0, 0.05) is 30.0 Å². The Morgan fingerprint density at radius 3 is 2.81 bits per heavy atom. The van der Waals surface area contributed by atoms with Crippen molar-refractivity contribution < 1.29 is 4.39 Å². The number of halogens is 2. The highest BCUT2D eigenvalue weighted by atomic mass is 35.5. The van der Waals surface area contributed by atoms with Crippen LogP contribution in [-0.4, -0.2) is 4.57 Å². The van der Waals surface area contributed by atoms with Crippen molar-refractivity contribution in [2.45, 2.75) is 13.1 Å². The maximum Gasteiger partial charge on any atom is 0.124 e. The van der Waals surface area contributed by atoms with Crippen LogP contribution in [0.5, 0.6) is 0 Å². The van der Waals surface area contributed by atoms with Crippen LogP contribution in [0.1, 0.15) is 11.3 Å². The lowest BCUT2D eigenvalue weighted by Gasteiger charge is -2.09. The van der Waals surface area contributed by atoms with Crippen LogP contribution in [0.25, 0.3) is 0 Å². The molecule has 0 aliphatic heterocycles. The van der Waals surface area contributed by atoms with Crippen LogP contribution in [0.15, 0.2) is 36.5 Å². The lowest BCUT2D eigenvalue weighted by atomic mass is 10.2. The molecule has 0 saturated heterocycles. The topological polar surface area (TPSA) is 30.9 Å². The Bertz CT molecular complexity index is 494. The average molecular weight is 239 g/mol. The second kappa shape index (κ2) is 4.68. The van der Waals surface area contributed by atoms with Gasteiger partial charge in [-0.25, -0.2) is 4.39 Å². The summed E-state index contributed by atoms with van der Waals surface area (Å²) in [5.41, 5.74) is 7.51. The minimum Gasteiger partial charge on any atom is -0.346 e. The number of nitrogens with zero attached hydrogens (tertiary/aromatic N) is 1. The fraction of sp³-hybridized carbons (Fsp3) is 0.167. The van der Waals surface area contributed by atoms with Crippen LogP contribution in [0, 0.1) is 5.82 Å². The van der Waals surface area contributed by atoms with Crippen molar-refractivity contribution in [3.8, 4) is 0 Å². The summed E-state index contributed by atoms with van der Waals surface area (Å²) in [5, 5.41) is 0.441. The molecule has 0 unspecified atom stereocenters. The van der Waals surface area contributed by atoms with Crippen LogP contribution in [-0.2, 0) is 13.1 Å². The molecule has 1 heterocycles. The van der Waals surface area contributed by atoms with Gasteiger partial charge in [0.2, 0.25) is 0 Å². The zero-order chi connectivity index (χ0) is 11.5. The molecule has 0 spiro atoms.